The molecule has 0 radical (unpaired) electrons. The monoisotopic (exact) mass is 358 g/mol. The third-order valence-electron chi connectivity index (χ3n) is 3.29. The minimum absolute atomic E-state index is 0.343. The van der Waals surface area contributed by atoms with Gasteiger partial charge in [-0.25, -0.2) is 10.2 Å². The molecule has 0 bridgehead atoms. The van der Waals surface area contributed by atoms with E-state index < -0.39 is 18.5 Å². The van der Waals surface area contributed by atoms with Crippen LogP contribution in [0, 0.1) is 0 Å². The lowest BCUT2D eigenvalue weighted by Crippen LogP contribution is -2.18. The zero-order chi connectivity index (χ0) is 18.9. The standard InChI is InChI=1S/C18H18N2O6/c1-24-15-8-7-12(9-16(15)25-2)18(23)20-19-10-13-5-3-4-6-14(13)26-11-17(21)22/h3-10H,11H2,1-2H3,(H,20,23)(H,21,22). The molecule has 1 amide bonds. The first-order chi connectivity index (χ1) is 12.5. The Balaban J connectivity index is 2.06. The van der Waals surface area contributed by atoms with E-state index in [0.717, 1.165) is 0 Å². The van der Waals surface area contributed by atoms with Crippen LogP contribution < -0.4 is 19.6 Å². The van der Waals surface area contributed by atoms with E-state index in [0.29, 0.717) is 28.4 Å². The number of carboxylic acids is 1. The number of amides is 1. The molecule has 0 atom stereocenters. The summed E-state index contributed by atoms with van der Waals surface area (Å²) in [4.78, 5) is 22.8. The number of hydrogen-bond donors (Lipinski definition) is 2. The molecule has 0 aliphatic rings. The van der Waals surface area contributed by atoms with Crippen molar-refractivity contribution in [3.8, 4) is 17.2 Å². The summed E-state index contributed by atoms with van der Waals surface area (Å²) in [7, 11) is 2.98. The van der Waals surface area contributed by atoms with Gasteiger partial charge in [-0.15, -0.1) is 0 Å². The molecule has 8 heteroatoms. The Kier molecular flexibility index (Phi) is 6.55. The molecule has 0 saturated heterocycles. The molecule has 0 spiro atoms. The van der Waals surface area contributed by atoms with E-state index in [2.05, 4.69) is 10.5 Å². The lowest BCUT2D eigenvalue weighted by atomic mass is 10.2. The molecule has 0 saturated carbocycles. The minimum Gasteiger partial charge on any atom is -0.493 e. The van der Waals surface area contributed by atoms with E-state index in [1.807, 2.05) is 0 Å². The number of para-hydroxylation sites is 1. The number of ether oxygens (including phenoxy) is 3. The SMILES string of the molecule is COc1ccc(C(=O)NN=Cc2ccccc2OCC(=O)O)cc1OC. The van der Waals surface area contributed by atoms with Crippen LogP contribution in [0.25, 0.3) is 0 Å². The topological polar surface area (TPSA) is 106 Å². The van der Waals surface area contributed by atoms with Gasteiger partial charge < -0.3 is 19.3 Å². The second-order valence-electron chi connectivity index (χ2n) is 4.99. The zero-order valence-corrected chi connectivity index (χ0v) is 14.3. The van der Waals surface area contributed by atoms with Crippen LogP contribution >= 0.6 is 0 Å². The lowest BCUT2D eigenvalue weighted by Gasteiger charge is -2.09. The van der Waals surface area contributed by atoms with E-state index in [4.69, 9.17) is 19.3 Å². The number of aliphatic carboxylic acids is 1. The Labute approximate surface area is 150 Å². The molecule has 0 unspecified atom stereocenters. The van der Waals surface area contributed by atoms with Gasteiger partial charge in [-0.2, -0.15) is 5.10 Å². The second kappa shape index (κ2) is 9.07. The summed E-state index contributed by atoms with van der Waals surface area (Å²) in [5, 5.41) is 12.6. The number of nitrogens with zero attached hydrogens (tertiary/aromatic N) is 1. The zero-order valence-electron chi connectivity index (χ0n) is 14.3. The van der Waals surface area contributed by atoms with Crippen LogP contribution in [0.5, 0.6) is 17.2 Å². The second-order valence-corrected chi connectivity index (χ2v) is 4.99. The van der Waals surface area contributed by atoms with Crippen LogP contribution in [0.3, 0.4) is 0 Å². The maximum atomic E-state index is 12.2. The molecule has 2 N–H and O–H groups in total. The van der Waals surface area contributed by atoms with Gasteiger partial charge in [-0.05, 0) is 30.3 Å². The molecule has 8 nitrogen and oxygen atoms in total. The van der Waals surface area contributed by atoms with Crippen molar-refractivity contribution in [2.24, 2.45) is 5.10 Å². The molecule has 136 valence electrons. The largest absolute Gasteiger partial charge is 0.493 e. The highest BCUT2D eigenvalue weighted by atomic mass is 16.5. The van der Waals surface area contributed by atoms with Crippen LogP contribution in [0.15, 0.2) is 47.6 Å². The van der Waals surface area contributed by atoms with Crippen LogP contribution in [0.4, 0.5) is 0 Å². The van der Waals surface area contributed by atoms with E-state index in [1.165, 1.54) is 26.5 Å². The highest BCUT2D eigenvalue weighted by Gasteiger charge is 2.10. The summed E-state index contributed by atoms with van der Waals surface area (Å²) in [6.07, 6.45) is 1.37. The van der Waals surface area contributed by atoms with E-state index in [1.54, 1.807) is 36.4 Å². The first kappa shape index (κ1) is 18.8. The highest BCUT2D eigenvalue weighted by Crippen LogP contribution is 2.27. The number of nitrogens with one attached hydrogen (secondary N) is 1. The van der Waals surface area contributed by atoms with Gasteiger partial charge in [-0.1, -0.05) is 12.1 Å². The third kappa shape index (κ3) is 4.97. The summed E-state index contributed by atoms with van der Waals surface area (Å²) in [6, 6.07) is 11.5. The van der Waals surface area contributed by atoms with Crippen LogP contribution in [-0.2, 0) is 4.79 Å². The van der Waals surface area contributed by atoms with Crippen LogP contribution in [0.2, 0.25) is 0 Å². The highest BCUT2D eigenvalue weighted by molar-refractivity contribution is 5.95. The molecule has 2 aromatic carbocycles. The van der Waals surface area contributed by atoms with Gasteiger partial charge in [0.15, 0.2) is 18.1 Å². The molecule has 0 aliphatic carbocycles. The maximum Gasteiger partial charge on any atom is 0.341 e. The number of carboxylic acid groups (broad SMARTS) is 1. The molecule has 26 heavy (non-hydrogen) atoms. The molecule has 0 aliphatic heterocycles. The quantitative estimate of drug-likeness (QED) is 0.552. The fraction of sp³-hybridized carbons (Fsp3) is 0.167. The number of benzene rings is 2. The van der Waals surface area contributed by atoms with Gasteiger partial charge in [-0.3, -0.25) is 4.79 Å². The van der Waals surface area contributed by atoms with Crippen molar-refractivity contribution >= 4 is 18.1 Å². The van der Waals surface area contributed by atoms with Gasteiger partial charge in [0.05, 0.1) is 20.4 Å². The summed E-state index contributed by atoms with van der Waals surface area (Å²) in [5.41, 5.74) is 3.26. The Hall–Kier alpha value is -3.55. The Morgan fingerprint density at radius 3 is 2.50 bits per heavy atom. The van der Waals surface area contributed by atoms with Crippen LogP contribution in [-0.4, -0.2) is 44.0 Å². The van der Waals surface area contributed by atoms with Gasteiger partial charge in [0.2, 0.25) is 0 Å². The first-order valence-corrected chi connectivity index (χ1v) is 7.54. The molecule has 0 heterocycles. The summed E-state index contributed by atoms with van der Waals surface area (Å²) < 4.78 is 15.4. The minimum atomic E-state index is -1.08. The van der Waals surface area contributed by atoms with Gasteiger partial charge in [0.1, 0.15) is 5.75 Å². The smallest absolute Gasteiger partial charge is 0.341 e. The number of carbonyl (C=O) groups is 2. The van der Waals surface area contributed by atoms with Gasteiger partial charge in [0.25, 0.3) is 5.91 Å². The maximum absolute atomic E-state index is 12.2. The molecule has 0 aromatic heterocycles. The number of carbonyl (C=O) groups excluding carboxylic acids is 1. The van der Waals surface area contributed by atoms with Crippen molar-refractivity contribution in [1.82, 2.24) is 5.43 Å². The average molecular weight is 358 g/mol. The van der Waals surface area contributed by atoms with Gasteiger partial charge in [0, 0.05) is 11.1 Å². The number of hydrazone groups is 1. The van der Waals surface area contributed by atoms with Gasteiger partial charge >= 0.3 is 5.97 Å². The molecular weight excluding hydrogens is 340 g/mol. The van der Waals surface area contributed by atoms with Crippen LogP contribution in [0.1, 0.15) is 15.9 Å². The summed E-state index contributed by atoms with van der Waals surface area (Å²) in [6.45, 7) is -0.469. The fourth-order valence-electron chi connectivity index (χ4n) is 2.06. The van der Waals surface area contributed by atoms with E-state index >= 15 is 0 Å². The van der Waals surface area contributed by atoms with E-state index in [9.17, 15) is 9.59 Å². The van der Waals surface area contributed by atoms with E-state index in [-0.39, 0.29) is 0 Å². The Morgan fingerprint density at radius 2 is 1.81 bits per heavy atom. The van der Waals surface area contributed by atoms with Crippen molar-refractivity contribution in [1.29, 1.82) is 0 Å². The number of methoxy groups -OCH3 is 2. The molecule has 2 rings (SSSR count). The molecule has 2 aromatic rings. The Morgan fingerprint density at radius 1 is 1.08 bits per heavy atom. The lowest BCUT2D eigenvalue weighted by molar-refractivity contribution is -0.139. The molecule has 0 fully saturated rings. The molecular formula is C18H18N2O6. The number of hydrogen-bond acceptors (Lipinski definition) is 6. The van der Waals surface area contributed by atoms with Crippen molar-refractivity contribution in [2.45, 2.75) is 0 Å². The predicted octanol–water partition coefficient (Wildman–Crippen LogP) is 1.93. The van der Waals surface area contributed by atoms with Crippen molar-refractivity contribution in [2.75, 3.05) is 20.8 Å². The fourth-order valence-corrected chi connectivity index (χ4v) is 2.06. The van der Waals surface area contributed by atoms with Crippen molar-refractivity contribution in [3.05, 3.63) is 53.6 Å². The average Bonchev–Trinajstić information content (AvgIpc) is 2.66. The normalized spacial score (nSPS) is 10.4. The first-order valence-electron chi connectivity index (χ1n) is 7.54. The Bertz CT molecular complexity index is 819. The summed E-state index contributed by atoms with van der Waals surface area (Å²) >= 11 is 0. The van der Waals surface area contributed by atoms with Crippen molar-refractivity contribution < 1.29 is 28.9 Å². The third-order valence-corrected chi connectivity index (χ3v) is 3.29. The predicted molar refractivity (Wildman–Crippen MR) is 94.2 cm³/mol. The van der Waals surface area contributed by atoms with Crippen molar-refractivity contribution in [3.63, 3.8) is 0 Å². The summed E-state index contributed by atoms with van der Waals surface area (Å²) in [5.74, 6) is -0.239. The number of rotatable bonds is 8.